The molecule has 0 aliphatic heterocycles. The molecule has 0 aliphatic rings. The number of aromatic nitrogens is 1. The minimum absolute atomic E-state index is 0.123. The molecule has 23 heavy (non-hydrogen) atoms. The van der Waals surface area contributed by atoms with Crippen molar-refractivity contribution < 1.29 is 14.7 Å². The Morgan fingerprint density at radius 3 is 2.57 bits per heavy atom. The second-order valence-corrected chi connectivity index (χ2v) is 5.74. The third-order valence-corrected chi connectivity index (χ3v) is 4.08. The van der Waals surface area contributed by atoms with Gasteiger partial charge in [0.2, 0.25) is 0 Å². The van der Waals surface area contributed by atoms with Gasteiger partial charge in [-0.2, -0.15) is 0 Å². The fraction of sp³-hybridized carbons (Fsp3) is 0.111. The molecular formula is C18H14ClNO3. The van der Waals surface area contributed by atoms with E-state index in [2.05, 4.69) is 0 Å². The summed E-state index contributed by atoms with van der Waals surface area (Å²) in [6.07, 6.45) is -0.123. The van der Waals surface area contributed by atoms with Crippen molar-refractivity contribution in [2.24, 2.45) is 0 Å². The van der Waals surface area contributed by atoms with Crippen LogP contribution in [0, 0.1) is 6.92 Å². The number of nitrogens with zero attached hydrogens (tertiary/aromatic N) is 1. The summed E-state index contributed by atoms with van der Waals surface area (Å²) in [6, 6.07) is 14.0. The lowest BCUT2D eigenvalue weighted by atomic mass is 10.1. The van der Waals surface area contributed by atoms with Crippen molar-refractivity contribution in [1.29, 1.82) is 0 Å². The monoisotopic (exact) mass is 327 g/mol. The van der Waals surface area contributed by atoms with Crippen LogP contribution < -0.4 is 0 Å². The van der Waals surface area contributed by atoms with Crippen LogP contribution in [0.4, 0.5) is 0 Å². The number of carbonyl (C=O) groups excluding carboxylic acids is 1. The molecule has 0 amide bonds. The van der Waals surface area contributed by atoms with Gasteiger partial charge in [-0.05, 0) is 36.8 Å². The molecule has 0 aliphatic carbocycles. The van der Waals surface area contributed by atoms with E-state index in [0.717, 1.165) is 5.39 Å². The summed E-state index contributed by atoms with van der Waals surface area (Å²) in [5, 5.41) is 10.4. The summed E-state index contributed by atoms with van der Waals surface area (Å²) < 4.78 is 1.55. The van der Waals surface area contributed by atoms with E-state index < -0.39 is 5.97 Å². The van der Waals surface area contributed by atoms with E-state index in [9.17, 15) is 9.59 Å². The van der Waals surface area contributed by atoms with Crippen LogP contribution >= 0.6 is 11.6 Å². The first kappa shape index (κ1) is 15.3. The van der Waals surface area contributed by atoms with Crippen LogP contribution in [0.1, 0.15) is 21.6 Å². The molecule has 1 N–H and O–H groups in total. The average Bonchev–Trinajstić information content (AvgIpc) is 2.79. The number of hydrogen-bond donors (Lipinski definition) is 1. The van der Waals surface area contributed by atoms with Crippen molar-refractivity contribution in [2.45, 2.75) is 13.3 Å². The molecule has 0 spiro atoms. The van der Waals surface area contributed by atoms with Gasteiger partial charge in [-0.3, -0.25) is 14.2 Å². The molecule has 0 unspecified atom stereocenters. The van der Waals surface area contributed by atoms with Gasteiger partial charge < -0.3 is 5.11 Å². The number of fused-ring (bicyclic) bond motifs is 1. The first-order valence-corrected chi connectivity index (χ1v) is 7.48. The lowest BCUT2D eigenvalue weighted by molar-refractivity contribution is -0.136. The SMILES string of the molecule is Cc1c(CC(=O)O)c2ccccc2n1C(=O)c1cccc(Cl)c1. The Bertz CT molecular complexity index is 927. The summed E-state index contributed by atoms with van der Waals surface area (Å²) in [5.74, 6) is -1.15. The van der Waals surface area contributed by atoms with E-state index in [1.54, 1.807) is 35.8 Å². The first-order chi connectivity index (χ1) is 11.0. The third kappa shape index (κ3) is 2.73. The number of benzene rings is 2. The largest absolute Gasteiger partial charge is 0.481 e. The number of rotatable bonds is 3. The Labute approximate surface area is 137 Å². The number of hydrogen-bond acceptors (Lipinski definition) is 2. The van der Waals surface area contributed by atoms with Gasteiger partial charge in [0.25, 0.3) is 5.91 Å². The molecule has 3 aromatic rings. The predicted molar refractivity (Wildman–Crippen MR) is 89.2 cm³/mol. The smallest absolute Gasteiger partial charge is 0.307 e. The highest BCUT2D eigenvalue weighted by atomic mass is 35.5. The maximum Gasteiger partial charge on any atom is 0.307 e. The van der Waals surface area contributed by atoms with Crippen molar-refractivity contribution in [3.8, 4) is 0 Å². The molecule has 0 bridgehead atoms. The maximum atomic E-state index is 12.9. The molecule has 5 heteroatoms. The van der Waals surface area contributed by atoms with Gasteiger partial charge in [0.15, 0.2) is 0 Å². The molecule has 0 atom stereocenters. The van der Waals surface area contributed by atoms with Gasteiger partial charge in [-0.1, -0.05) is 35.9 Å². The van der Waals surface area contributed by atoms with E-state index in [0.29, 0.717) is 27.4 Å². The van der Waals surface area contributed by atoms with Crippen LogP contribution in [0.2, 0.25) is 5.02 Å². The summed E-state index contributed by atoms with van der Waals surface area (Å²) in [5.41, 5.74) is 2.46. The zero-order chi connectivity index (χ0) is 16.6. The Morgan fingerprint density at radius 1 is 1.13 bits per heavy atom. The second kappa shape index (κ2) is 5.89. The molecular weight excluding hydrogens is 314 g/mol. The molecule has 0 fully saturated rings. The van der Waals surface area contributed by atoms with Crippen LogP contribution in [0.3, 0.4) is 0 Å². The van der Waals surface area contributed by atoms with Crippen LogP contribution in [0.5, 0.6) is 0 Å². The van der Waals surface area contributed by atoms with Gasteiger partial charge >= 0.3 is 5.97 Å². The molecule has 4 nitrogen and oxygen atoms in total. The molecule has 1 aromatic heterocycles. The first-order valence-electron chi connectivity index (χ1n) is 7.10. The number of carboxylic acids is 1. The highest BCUT2D eigenvalue weighted by Crippen LogP contribution is 2.27. The molecule has 1 heterocycles. The summed E-state index contributed by atoms with van der Waals surface area (Å²) in [7, 11) is 0. The van der Waals surface area contributed by atoms with Crippen molar-refractivity contribution in [3.05, 3.63) is 70.4 Å². The quantitative estimate of drug-likeness (QED) is 0.793. The Morgan fingerprint density at radius 2 is 1.87 bits per heavy atom. The number of carboxylic acid groups (broad SMARTS) is 1. The van der Waals surface area contributed by atoms with E-state index in [1.165, 1.54) is 0 Å². The van der Waals surface area contributed by atoms with Crippen LogP contribution in [0.15, 0.2) is 48.5 Å². The van der Waals surface area contributed by atoms with Crippen molar-refractivity contribution in [1.82, 2.24) is 4.57 Å². The topological polar surface area (TPSA) is 59.3 Å². The van der Waals surface area contributed by atoms with E-state index in [4.69, 9.17) is 16.7 Å². The van der Waals surface area contributed by atoms with Gasteiger partial charge in [0.1, 0.15) is 0 Å². The number of para-hydroxylation sites is 1. The number of aliphatic carboxylic acids is 1. The normalized spacial score (nSPS) is 10.9. The van der Waals surface area contributed by atoms with E-state index in [1.807, 2.05) is 24.3 Å². The molecule has 3 rings (SSSR count). The Kier molecular flexibility index (Phi) is 3.92. The average molecular weight is 328 g/mol. The zero-order valence-electron chi connectivity index (χ0n) is 12.4. The fourth-order valence-electron chi connectivity index (χ4n) is 2.82. The van der Waals surface area contributed by atoms with Gasteiger partial charge in [-0.15, -0.1) is 0 Å². The fourth-order valence-corrected chi connectivity index (χ4v) is 3.01. The minimum atomic E-state index is -0.925. The Hall–Kier alpha value is -2.59. The maximum absolute atomic E-state index is 12.9. The highest BCUT2D eigenvalue weighted by molar-refractivity contribution is 6.31. The lowest BCUT2D eigenvalue weighted by Gasteiger charge is -2.07. The number of carbonyl (C=O) groups is 2. The molecule has 0 saturated carbocycles. The Balaban J connectivity index is 2.23. The lowest BCUT2D eigenvalue weighted by Crippen LogP contribution is -2.14. The van der Waals surface area contributed by atoms with Crippen LogP contribution in [-0.4, -0.2) is 21.6 Å². The zero-order valence-corrected chi connectivity index (χ0v) is 13.2. The highest BCUT2D eigenvalue weighted by Gasteiger charge is 2.20. The molecule has 2 aromatic carbocycles. The van der Waals surface area contributed by atoms with E-state index >= 15 is 0 Å². The van der Waals surface area contributed by atoms with Gasteiger partial charge in [0.05, 0.1) is 11.9 Å². The summed E-state index contributed by atoms with van der Waals surface area (Å²) in [4.78, 5) is 24.0. The van der Waals surface area contributed by atoms with Crippen molar-refractivity contribution in [3.63, 3.8) is 0 Å². The third-order valence-electron chi connectivity index (χ3n) is 3.84. The van der Waals surface area contributed by atoms with E-state index in [-0.39, 0.29) is 12.3 Å². The molecule has 0 radical (unpaired) electrons. The summed E-state index contributed by atoms with van der Waals surface area (Å²) in [6.45, 7) is 1.76. The van der Waals surface area contributed by atoms with Gasteiger partial charge in [-0.25, -0.2) is 0 Å². The summed E-state index contributed by atoms with van der Waals surface area (Å²) >= 11 is 5.97. The van der Waals surface area contributed by atoms with Crippen LogP contribution in [0.25, 0.3) is 10.9 Å². The minimum Gasteiger partial charge on any atom is -0.481 e. The van der Waals surface area contributed by atoms with Crippen molar-refractivity contribution in [2.75, 3.05) is 0 Å². The second-order valence-electron chi connectivity index (χ2n) is 5.30. The van der Waals surface area contributed by atoms with Crippen molar-refractivity contribution >= 4 is 34.4 Å². The predicted octanol–water partition coefficient (Wildman–Crippen LogP) is 3.92. The molecule has 0 saturated heterocycles. The van der Waals surface area contributed by atoms with Gasteiger partial charge in [0, 0.05) is 21.7 Å². The molecule has 116 valence electrons. The van der Waals surface area contributed by atoms with Crippen LogP contribution in [-0.2, 0) is 11.2 Å². The standard InChI is InChI=1S/C18H14ClNO3/c1-11-15(10-17(21)22)14-7-2-3-8-16(14)20(11)18(23)12-5-4-6-13(19)9-12/h2-9H,10H2,1H3,(H,21,22). The number of halogens is 1.